The number of anilines is 1. The Balaban J connectivity index is 1.82. The van der Waals surface area contributed by atoms with Crippen LogP contribution in [0, 0.1) is 26.6 Å². The standard InChI is InChI=1S/C20H19FN2OS/c1-12-4-7-15(8-5-12)20-18(25-14(3)22-20)11-19(24)23-17-10-13(2)6-9-16(17)21/h4-10H,11H2,1-3H3,(H,23,24). The van der Waals surface area contributed by atoms with Crippen LogP contribution in [0.4, 0.5) is 10.1 Å². The molecule has 3 aromatic rings. The minimum absolute atomic E-state index is 0.169. The highest BCUT2D eigenvalue weighted by atomic mass is 32.1. The first-order valence-electron chi connectivity index (χ1n) is 8.02. The van der Waals surface area contributed by atoms with Crippen LogP contribution in [0.5, 0.6) is 0 Å². The number of carbonyl (C=O) groups excluding carboxylic acids is 1. The number of thiazole rings is 1. The van der Waals surface area contributed by atoms with E-state index in [2.05, 4.69) is 10.3 Å². The minimum atomic E-state index is -0.432. The van der Waals surface area contributed by atoms with Crippen LogP contribution >= 0.6 is 11.3 Å². The van der Waals surface area contributed by atoms with E-state index in [4.69, 9.17) is 0 Å². The molecule has 3 rings (SSSR count). The van der Waals surface area contributed by atoms with Crippen molar-refractivity contribution in [2.45, 2.75) is 27.2 Å². The molecular weight excluding hydrogens is 335 g/mol. The van der Waals surface area contributed by atoms with E-state index in [0.717, 1.165) is 26.7 Å². The van der Waals surface area contributed by atoms with Gasteiger partial charge in [-0.25, -0.2) is 9.37 Å². The van der Waals surface area contributed by atoms with E-state index in [1.807, 2.05) is 45.0 Å². The van der Waals surface area contributed by atoms with Gasteiger partial charge in [0.05, 0.1) is 22.8 Å². The molecule has 0 aliphatic heterocycles. The summed E-state index contributed by atoms with van der Waals surface area (Å²) in [6, 6.07) is 12.7. The van der Waals surface area contributed by atoms with Crippen molar-refractivity contribution in [3.05, 3.63) is 69.3 Å². The van der Waals surface area contributed by atoms with Gasteiger partial charge in [0.2, 0.25) is 5.91 Å². The number of amides is 1. The monoisotopic (exact) mass is 354 g/mol. The Morgan fingerprint density at radius 3 is 2.48 bits per heavy atom. The van der Waals surface area contributed by atoms with Crippen molar-refractivity contribution in [3.8, 4) is 11.3 Å². The van der Waals surface area contributed by atoms with Crippen LogP contribution in [0.1, 0.15) is 21.0 Å². The zero-order chi connectivity index (χ0) is 18.0. The SMILES string of the molecule is Cc1ccc(-c2nc(C)sc2CC(=O)Nc2cc(C)ccc2F)cc1. The zero-order valence-corrected chi connectivity index (χ0v) is 15.2. The number of aryl methyl sites for hydroxylation is 3. The lowest BCUT2D eigenvalue weighted by Crippen LogP contribution is -2.15. The topological polar surface area (TPSA) is 42.0 Å². The van der Waals surface area contributed by atoms with E-state index >= 15 is 0 Å². The molecule has 0 atom stereocenters. The Morgan fingerprint density at radius 1 is 1.08 bits per heavy atom. The van der Waals surface area contributed by atoms with Crippen molar-refractivity contribution in [1.82, 2.24) is 4.98 Å². The van der Waals surface area contributed by atoms with Crippen LogP contribution in [-0.4, -0.2) is 10.9 Å². The van der Waals surface area contributed by atoms with E-state index in [0.29, 0.717) is 0 Å². The molecule has 1 heterocycles. The van der Waals surface area contributed by atoms with Crippen molar-refractivity contribution in [2.24, 2.45) is 0 Å². The summed E-state index contributed by atoms with van der Waals surface area (Å²) in [7, 11) is 0. The molecule has 128 valence electrons. The summed E-state index contributed by atoms with van der Waals surface area (Å²) in [5.41, 5.74) is 4.08. The molecule has 0 spiro atoms. The third-order valence-corrected chi connectivity index (χ3v) is 4.82. The smallest absolute Gasteiger partial charge is 0.229 e. The van der Waals surface area contributed by atoms with Gasteiger partial charge in [-0.15, -0.1) is 11.3 Å². The number of rotatable bonds is 4. The van der Waals surface area contributed by atoms with Gasteiger partial charge >= 0.3 is 0 Å². The average Bonchev–Trinajstić information content (AvgIpc) is 2.92. The Morgan fingerprint density at radius 2 is 1.76 bits per heavy atom. The van der Waals surface area contributed by atoms with Gasteiger partial charge in [0.15, 0.2) is 0 Å². The lowest BCUT2D eigenvalue weighted by atomic mass is 10.1. The molecule has 1 aromatic heterocycles. The first kappa shape index (κ1) is 17.3. The molecular formula is C20H19FN2OS. The third-order valence-electron chi connectivity index (χ3n) is 3.85. The summed E-state index contributed by atoms with van der Waals surface area (Å²) in [6.45, 7) is 5.81. The Labute approximate surface area is 150 Å². The molecule has 0 saturated heterocycles. The molecule has 1 N–H and O–H groups in total. The maximum absolute atomic E-state index is 13.8. The molecule has 0 aliphatic rings. The molecule has 0 radical (unpaired) electrons. The highest BCUT2D eigenvalue weighted by Crippen LogP contribution is 2.29. The van der Waals surface area contributed by atoms with E-state index < -0.39 is 5.82 Å². The Hall–Kier alpha value is -2.53. The summed E-state index contributed by atoms with van der Waals surface area (Å²) < 4.78 is 13.8. The maximum atomic E-state index is 13.8. The first-order chi connectivity index (χ1) is 11.9. The van der Waals surface area contributed by atoms with Crippen LogP contribution < -0.4 is 5.32 Å². The lowest BCUT2D eigenvalue weighted by molar-refractivity contribution is -0.115. The average molecular weight is 354 g/mol. The van der Waals surface area contributed by atoms with Crippen LogP contribution in [0.3, 0.4) is 0 Å². The van der Waals surface area contributed by atoms with Gasteiger partial charge in [0, 0.05) is 10.4 Å². The molecule has 25 heavy (non-hydrogen) atoms. The molecule has 0 unspecified atom stereocenters. The van der Waals surface area contributed by atoms with E-state index in [9.17, 15) is 9.18 Å². The lowest BCUT2D eigenvalue weighted by Gasteiger charge is -2.08. The fourth-order valence-corrected chi connectivity index (χ4v) is 3.56. The number of nitrogens with one attached hydrogen (secondary N) is 1. The molecule has 0 saturated carbocycles. The maximum Gasteiger partial charge on any atom is 0.229 e. The summed E-state index contributed by atoms with van der Waals surface area (Å²) in [6.07, 6.45) is 0.169. The number of hydrogen-bond donors (Lipinski definition) is 1. The fraction of sp³-hybridized carbons (Fsp3) is 0.200. The molecule has 0 aliphatic carbocycles. The van der Waals surface area contributed by atoms with Gasteiger partial charge in [0.1, 0.15) is 5.82 Å². The van der Waals surface area contributed by atoms with Crippen molar-refractivity contribution in [2.75, 3.05) is 5.32 Å². The number of carbonyl (C=O) groups is 1. The largest absolute Gasteiger partial charge is 0.323 e. The summed E-state index contributed by atoms with van der Waals surface area (Å²) in [4.78, 5) is 17.8. The predicted molar refractivity (Wildman–Crippen MR) is 100 cm³/mol. The van der Waals surface area contributed by atoms with Crippen molar-refractivity contribution in [3.63, 3.8) is 0 Å². The number of aromatic nitrogens is 1. The highest BCUT2D eigenvalue weighted by Gasteiger charge is 2.16. The van der Waals surface area contributed by atoms with Gasteiger partial charge in [-0.3, -0.25) is 4.79 Å². The van der Waals surface area contributed by atoms with Crippen LogP contribution in [-0.2, 0) is 11.2 Å². The molecule has 2 aromatic carbocycles. The van der Waals surface area contributed by atoms with Gasteiger partial charge in [-0.1, -0.05) is 35.9 Å². The van der Waals surface area contributed by atoms with Crippen molar-refractivity contribution < 1.29 is 9.18 Å². The van der Waals surface area contributed by atoms with Crippen LogP contribution in [0.25, 0.3) is 11.3 Å². The third kappa shape index (κ3) is 4.12. The molecule has 1 amide bonds. The number of halogens is 1. The fourth-order valence-electron chi connectivity index (χ4n) is 2.60. The minimum Gasteiger partial charge on any atom is -0.323 e. The molecule has 5 heteroatoms. The number of hydrogen-bond acceptors (Lipinski definition) is 3. The first-order valence-corrected chi connectivity index (χ1v) is 8.83. The molecule has 0 bridgehead atoms. The normalized spacial score (nSPS) is 10.7. The Kier molecular flexibility index (Phi) is 4.95. The molecule has 3 nitrogen and oxygen atoms in total. The van der Waals surface area contributed by atoms with Crippen LogP contribution in [0.15, 0.2) is 42.5 Å². The van der Waals surface area contributed by atoms with E-state index in [1.165, 1.54) is 23.0 Å². The quantitative estimate of drug-likeness (QED) is 0.712. The van der Waals surface area contributed by atoms with E-state index in [1.54, 1.807) is 12.1 Å². The number of nitrogens with zero attached hydrogens (tertiary/aromatic N) is 1. The Bertz CT molecular complexity index is 916. The summed E-state index contributed by atoms with van der Waals surface area (Å²) in [5, 5.41) is 3.56. The highest BCUT2D eigenvalue weighted by molar-refractivity contribution is 7.12. The van der Waals surface area contributed by atoms with Gasteiger partial charge in [-0.2, -0.15) is 0 Å². The second-order valence-electron chi connectivity index (χ2n) is 6.08. The predicted octanol–water partition coefficient (Wildman–Crippen LogP) is 5.06. The van der Waals surface area contributed by atoms with E-state index in [-0.39, 0.29) is 18.0 Å². The van der Waals surface area contributed by atoms with Gasteiger partial charge < -0.3 is 5.32 Å². The van der Waals surface area contributed by atoms with Crippen LogP contribution in [0.2, 0.25) is 0 Å². The summed E-state index contributed by atoms with van der Waals surface area (Å²) >= 11 is 1.49. The van der Waals surface area contributed by atoms with Gasteiger partial charge in [-0.05, 0) is 38.5 Å². The second-order valence-corrected chi connectivity index (χ2v) is 7.37. The van der Waals surface area contributed by atoms with Gasteiger partial charge in [0.25, 0.3) is 0 Å². The second kappa shape index (κ2) is 7.15. The number of benzene rings is 2. The summed E-state index contributed by atoms with van der Waals surface area (Å²) in [5.74, 6) is -0.681. The van der Waals surface area contributed by atoms with Crippen molar-refractivity contribution >= 4 is 22.9 Å². The zero-order valence-electron chi connectivity index (χ0n) is 14.4. The molecule has 0 fully saturated rings. The van der Waals surface area contributed by atoms with Crippen molar-refractivity contribution in [1.29, 1.82) is 0 Å².